The Balaban J connectivity index is 1.88. The second-order valence-corrected chi connectivity index (χ2v) is 6.24. The third kappa shape index (κ3) is 2.88. The first-order valence-corrected chi connectivity index (χ1v) is 7.96. The van der Waals surface area contributed by atoms with E-state index < -0.39 is 0 Å². The van der Waals surface area contributed by atoms with Crippen LogP contribution in [0.3, 0.4) is 0 Å². The molecule has 1 fully saturated rings. The van der Waals surface area contributed by atoms with Crippen LogP contribution in [-0.4, -0.2) is 29.1 Å². The lowest BCUT2D eigenvalue weighted by Gasteiger charge is -2.33. The number of hydrogen-bond donors (Lipinski definition) is 0. The summed E-state index contributed by atoms with van der Waals surface area (Å²) in [5, 5.41) is 0.833. The average Bonchev–Trinajstić information content (AvgIpc) is 2.49. The van der Waals surface area contributed by atoms with Crippen molar-refractivity contribution < 1.29 is 0 Å². The van der Waals surface area contributed by atoms with Gasteiger partial charge in [-0.05, 0) is 51.9 Å². The van der Waals surface area contributed by atoms with E-state index in [1.54, 1.807) is 6.07 Å². The maximum Gasteiger partial charge on any atom is 0.189 e. The van der Waals surface area contributed by atoms with E-state index in [-0.39, 0.29) is 5.43 Å². The van der Waals surface area contributed by atoms with Crippen molar-refractivity contribution in [3.05, 3.63) is 46.2 Å². The molecule has 1 atom stereocenters. The van der Waals surface area contributed by atoms with Crippen LogP contribution in [0.15, 0.2) is 35.1 Å². The number of para-hydroxylation sites is 1. The average molecular weight is 284 g/mol. The van der Waals surface area contributed by atoms with E-state index in [1.807, 2.05) is 25.1 Å². The van der Waals surface area contributed by atoms with Gasteiger partial charge in [-0.25, -0.2) is 0 Å². The Morgan fingerprint density at radius 2 is 2.05 bits per heavy atom. The lowest BCUT2D eigenvalue weighted by atomic mass is 10.00. The summed E-state index contributed by atoms with van der Waals surface area (Å²) in [6.07, 6.45) is 5.13. The van der Waals surface area contributed by atoms with Gasteiger partial charge < -0.3 is 9.47 Å². The molecule has 1 aliphatic rings. The van der Waals surface area contributed by atoms with E-state index in [0.29, 0.717) is 6.04 Å². The minimum Gasteiger partial charge on any atom is -0.345 e. The number of aryl methyl sites for hydroxylation is 2. The maximum atomic E-state index is 12.1. The smallest absolute Gasteiger partial charge is 0.189 e. The molecule has 1 unspecified atom stereocenters. The normalized spacial score (nSPS) is 20.0. The highest BCUT2D eigenvalue weighted by molar-refractivity contribution is 5.79. The van der Waals surface area contributed by atoms with E-state index in [0.717, 1.165) is 29.6 Å². The molecule has 3 heteroatoms. The third-order valence-corrected chi connectivity index (χ3v) is 4.83. The van der Waals surface area contributed by atoms with Gasteiger partial charge in [0.05, 0.1) is 5.52 Å². The van der Waals surface area contributed by atoms with Gasteiger partial charge in [-0.2, -0.15) is 0 Å². The fourth-order valence-electron chi connectivity index (χ4n) is 3.54. The number of pyridine rings is 1. The molecule has 21 heavy (non-hydrogen) atoms. The fraction of sp³-hybridized carbons (Fsp3) is 0.500. The molecule has 2 heterocycles. The first-order chi connectivity index (χ1) is 10.2. The number of nitrogens with zero attached hydrogens (tertiary/aromatic N) is 2. The van der Waals surface area contributed by atoms with Gasteiger partial charge >= 0.3 is 0 Å². The van der Waals surface area contributed by atoms with Gasteiger partial charge in [0, 0.05) is 29.7 Å². The van der Waals surface area contributed by atoms with Crippen molar-refractivity contribution in [3.8, 4) is 0 Å². The standard InChI is InChI=1S/C18H24N2O/c1-14-13-18(21)16-8-3-4-9-17(16)20(14)12-10-15-7-5-6-11-19(15)2/h3-4,8-9,13,15H,5-7,10-12H2,1-2H3. The topological polar surface area (TPSA) is 25.2 Å². The highest BCUT2D eigenvalue weighted by Crippen LogP contribution is 2.20. The van der Waals surface area contributed by atoms with E-state index in [9.17, 15) is 4.79 Å². The molecule has 2 aromatic rings. The predicted molar refractivity (Wildman–Crippen MR) is 87.8 cm³/mol. The van der Waals surface area contributed by atoms with Crippen molar-refractivity contribution in [2.24, 2.45) is 0 Å². The minimum absolute atomic E-state index is 0.133. The highest BCUT2D eigenvalue weighted by Gasteiger charge is 2.19. The number of fused-ring (bicyclic) bond motifs is 1. The number of benzene rings is 1. The number of hydrogen-bond acceptors (Lipinski definition) is 2. The summed E-state index contributed by atoms with van der Waals surface area (Å²) in [5.41, 5.74) is 2.27. The van der Waals surface area contributed by atoms with Crippen molar-refractivity contribution in [1.29, 1.82) is 0 Å². The molecule has 0 bridgehead atoms. The molecule has 1 aliphatic heterocycles. The van der Waals surface area contributed by atoms with Gasteiger partial charge in [0.15, 0.2) is 5.43 Å². The van der Waals surface area contributed by atoms with Gasteiger partial charge in [-0.15, -0.1) is 0 Å². The van der Waals surface area contributed by atoms with Crippen LogP contribution in [0.4, 0.5) is 0 Å². The summed E-state index contributed by atoms with van der Waals surface area (Å²) in [6, 6.07) is 10.4. The number of likely N-dealkylation sites (tertiary alicyclic amines) is 1. The molecule has 0 amide bonds. The molecule has 1 aromatic carbocycles. The Labute approximate surface area is 126 Å². The zero-order valence-electron chi connectivity index (χ0n) is 13.0. The van der Waals surface area contributed by atoms with Crippen LogP contribution in [0, 0.1) is 6.92 Å². The maximum absolute atomic E-state index is 12.1. The molecule has 0 spiro atoms. The van der Waals surface area contributed by atoms with E-state index in [1.165, 1.54) is 25.8 Å². The second kappa shape index (κ2) is 6.02. The van der Waals surface area contributed by atoms with Crippen LogP contribution in [-0.2, 0) is 6.54 Å². The largest absolute Gasteiger partial charge is 0.345 e. The van der Waals surface area contributed by atoms with Crippen LogP contribution < -0.4 is 5.43 Å². The van der Waals surface area contributed by atoms with Crippen molar-refractivity contribution >= 4 is 10.9 Å². The second-order valence-electron chi connectivity index (χ2n) is 6.24. The van der Waals surface area contributed by atoms with Crippen LogP contribution in [0.25, 0.3) is 10.9 Å². The monoisotopic (exact) mass is 284 g/mol. The molecule has 112 valence electrons. The zero-order valence-corrected chi connectivity index (χ0v) is 13.0. The van der Waals surface area contributed by atoms with E-state index in [4.69, 9.17) is 0 Å². The molecular weight excluding hydrogens is 260 g/mol. The zero-order chi connectivity index (χ0) is 14.8. The molecule has 0 N–H and O–H groups in total. The van der Waals surface area contributed by atoms with Gasteiger partial charge in [0.2, 0.25) is 0 Å². The molecule has 0 saturated carbocycles. The number of rotatable bonds is 3. The fourth-order valence-corrected chi connectivity index (χ4v) is 3.54. The van der Waals surface area contributed by atoms with Crippen LogP contribution in [0.5, 0.6) is 0 Å². The van der Waals surface area contributed by atoms with E-state index >= 15 is 0 Å². The van der Waals surface area contributed by atoms with Crippen molar-refractivity contribution in [1.82, 2.24) is 9.47 Å². The van der Waals surface area contributed by atoms with Crippen molar-refractivity contribution in [2.75, 3.05) is 13.6 Å². The summed E-state index contributed by atoms with van der Waals surface area (Å²) < 4.78 is 2.30. The predicted octanol–water partition coefficient (Wildman–Crippen LogP) is 3.18. The molecule has 3 nitrogen and oxygen atoms in total. The van der Waals surface area contributed by atoms with E-state index in [2.05, 4.69) is 22.6 Å². The number of aromatic nitrogens is 1. The van der Waals surface area contributed by atoms with Crippen LogP contribution >= 0.6 is 0 Å². The number of piperidine rings is 1. The Morgan fingerprint density at radius 3 is 2.86 bits per heavy atom. The van der Waals surface area contributed by atoms with Gasteiger partial charge in [0.1, 0.15) is 0 Å². The van der Waals surface area contributed by atoms with Gasteiger partial charge in [-0.3, -0.25) is 4.79 Å². The molecule has 0 radical (unpaired) electrons. The summed E-state index contributed by atoms with van der Waals surface area (Å²) >= 11 is 0. The first kappa shape index (κ1) is 14.3. The molecule has 3 rings (SSSR count). The minimum atomic E-state index is 0.133. The SMILES string of the molecule is Cc1cc(=O)c2ccccc2n1CCC1CCCCN1C. The summed E-state index contributed by atoms with van der Waals surface area (Å²) in [7, 11) is 2.24. The van der Waals surface area contributed by atoms with Gasteiger partial charge in [0.25, 0.3) is 0 Å². The first-order valence-electron chi connectivity index (χ1n) is 7.96. The summed E-state index contributed by atoms with van der Waals surface area (Å²) in [5.74, 6) is 0. The molecular formula is C18H24N2O. The molecule has 1 saturated heterocycles. The lowest BCUT2D eigenvalue weighted by molar-refractivity contribution is 0.171. The van der Waals surface area contributed by atoms with Crippen LogP contribution in [0.1, 0.15) is 31.4 Å². The Kier molecular flexibility index (Phi) is 4.11. The quantitative estimate of drug-likeness (QED) is 0.865. The molecule has 0 aliphatic carbocycles. The Hall–Kier alpha value is -1.61. The highest BCUT2D eigenvalue weighted by atomic mass is 16.1. The summed E-state index contributed by atoms with van der Waals surface area (Å²) in [6.45, 7) is 4.24. The third-order valence-electron chi connectivity index (χ3n) is 4.83. The summed E-state index contributed by atoms with van der Waals surface area (Å²) in [4.78, 5) is 14.6. The Bertz CT molecular complexity index is 689. The van der Waals surface area contributed by atoms with Gasteiger partial charge in [-0.1, -0.05) is 18.6 Å². The van der Waals surface area contributed by atoms with Crippen LogP contribution in [0.2, 0.25) is 0 Å². The Morgan fingerprint density at radius 1 is 1.24 bits per heavy atom. The van der Waals surface area contributed by atoms with Crippen molar-refractivity contribution in [3.63, 3.8) is 0 Å². The van der Waals surface area contributed by atoms with Crippen molar-refractivity contribution in [2.45, 2.75) is 45.2 Å². The lowest BCUT2D eigenvalue weighted by Crippen LogP contribution is -2.37. The molecule has 1 aromatic heterocycles.